The first kappa shape index (κ1) is 14.4. The van der Waals surface area contributed by atoms with Gasteiger partial charge in [-0.2, -0.15) is 0 Å². The van der Waals surface area contributed by atoms with Crippen molar-refractivity contribution in [1.29, 1.82) is 0 Å². The van der Waals surface area contributed by atoms with E-state index >= 15 is 0 Å². The van der Waals surface area contributed by atoms with Gasteiger partial charge in [-0.1, -0.05) is 0 Å². The first-order valence-electron chi connectivity index (χ1n) is 3.73. The number of ether oxygens (including phenoxy) is 3. The van der Waals surface area contributed by atoms with Crippen molar-refractivity contribution in [3.05, 3.63) is 0 Å². The molecule has 5 N–H and O–H groups in total. The van der Waals surface area contributed by atoms with E-state index in [1.165, 1.54) is 0 Å². The maximum atomic E-state index is 10.1. The second kappa shape index (κ2) is 6.07. The van der Waals surface area contributed by atoms with Crippen molar-refractivity contribution >= 4 is 12.3 Å². The highest BCUT2D eigenvalue weighted by Gasteiger charge is 2.35. The summed E-state index contributed by atoms with van der Waals surface area (Å²) in [5.74, 6) is -2.66. The third-order valence-electron chi connectivity index (χ3n) is 1.16. The molecule has 0 spiro atoms. The van der Waals surface area contributed by atoms with Gasteiger partial charge >= 0.3 is 12.3 Å². The summed E-state index contributed by atoms with van der Waals surface area (Å²) >= 11 is 0. The molecule has 0 bridgehead atoms. The Morgan fingerprint density at radius 1 is 1.12 bits per heavy atom. The SMILES string of the molecule is O=C(O)OCC(O)(COC(O)O)OC(=O)O. The Balaban J connectivity index is 4.34. The van der Waals surface area contributed by atoms with Crippen LogP contribution in [0.15, 0.2) is 0 Å². The zero-order chi connectivity index (χ0) is 12.8. The minimum atomic E-state index is -2.66. The minimum Gasteiger partial charge on any atom is -0.450 e. The third-order valence-corrected chi connectivity index (χ3v) is 1.16. The molecule has 1 unspecified atom stereocenters. The normalized spacial score (nSPS) is 14.2. The molecule has 0 saturated carbocycles. The first-order chi connectivity index (χ1) is 7.25. The second-order valence-corrected chi connectivity index (χ2v) is 2.51. The highest BCUT2D eigenvalue weighted by molar-refractivity contribution is 5.58. The second-order valence-electron chi connectivity index (χ2n) is 2.51. The highest BCUT2D eigenvalue weighted by atomic mass is 16.8. The fraction of sp³-hybridized carbons (Fsp3) is 0.667. The number of carbonyl (C=O) groups is 2. The molecule has 10 heteroatoms. The van der Waals surface area contributed by atoms with Crippen molar-refractivity contribution in [1.82, 2.24) is 0 Å². The summed E-state index contributed by atoms with van der Waals surface area (Å²) in [5, 5.41) is 42.2. The van der Waals surface area contributed by atoms with Gasteiger partial charge in [-0.15, -0.1) is 0 Å². The van der Waals surface area contributed by atoms with E-state index in [0.717, 1.165) is 0 Å². The van der Waals surface area contributed by atoms with Gasteiger partial charge in [-0.3, -0.25) is 0 Å². The number of hydrogen-bond acceptors (Lipinski definition) is 8. The molecule has 0 radical (unpaired) electrons. The lowest BCUT2D eigenvalue weighted by Gasteiger charge is -2.25. The lowest BCUT2D eigenvalue weighted by Crippen LogP contribution is -2.45. The molecule has 94 valence electrons. The summed E-state index contributed by atoms with van der Waals surface area (Å²) in [6.45, 7) is -4.39. The van der Waals surface area contributed by atoms with Crippen molar-refractivity contribution in [2.24, 2.45) is 0 Å². The monoisotopic (exact) mass is 242 g/mol. The molecular weight excluding hydrogens is 232 g/mol. The molecule has 0 rings (SSSR count). The molecule has 0 aliphatic rings. The van der Waals surface area contributed by atoms with E-state index in [1.807, 2.05) is 0 Å². The third kappa shape index (κ3) is 6.78. The average molecular weight is 242 g/mol. The maximum Gasteiger partial charge on any atom is 0.508 e. The Morgan fingerprint density at radius 3 is 2.06 bits per heavy atom. The minimum absolute atomic E-state index is 1.02. The van der Waals surface area contributed by atoms with Gasteiger partial charge in [0, 0.05) is 0 Å². The van der Waals surface area contributed by atoms with Crippen molar-refractivity contribution < 1.29 is 49.3 Å². The smallest absolute Gasteiger partial charge is 0.450 e. The quantitative estimate of drug-likeness (QED) is 0.269. The predicted octanol–water partition coefficient (Wildman–Crippen LogP) is -1.65. The average Bonchev–Trinajstić information content (AvgIpc) is 2.11. The molecule has 0 heterocycles. The molecule has 0 aliphatic carbocycles. The van der Waals surface area contributed by atoms with Gasteiger partial charge in [0.1, 0.15) is 6.61 Å². The van der Waals surface area contributed by atoms with Crippen LogP contribution in [0, 0.1) is 0 Å². The Bertz CT molecular complexity index is 250. The first-order valence-corrected chi connectivity index (χ1v) is 3.73. The van der Waals surface area contributed by atoms with Gasteiger partial charge in [-0.25, -0.2) is 9.59 Å². The molecular formula is C6H10O10. The fourth-order valence-corrected chi connectivity index (χ4v) is 0.642. The van der Waals surface area contributed by atoms with Crippen LogP contribution < -0.4 is 0 Å². The Kier molecular flexibility index (Phi) is 5.46. The predicted molar refractivity (Wildman–Crippen MR) is 42.2 cm³/mol. The maximum absolute atomic E-state index is 10.1. The summed E-state index contributed by atoms with van der Waals surface area (Å²) in [7, 11) is 0. The molecule has 1 atom stereocenters. The molecule has 10 nitrogen and oxygen atoms in total. The van der Waals surface area contributed by atoms with E-state index in [0.29, 0.717) is 0 Å². The van der Waals surface area contributed by atoms with Crippen LogP contribution in [0.4, 0.5) is 9.59 Å². The van der Waals surface area contributed by atoms with Crippen LogP contribution in [-0.4, -0.2) is 63.3 Å². The van der Waals surface area contributed by atoms with E-state index in [1.54, 1.807) is 0 Å². The van der Waals surface area contributed by atoms with E-state index in [4.69, 9.17) is 20.4 Å². The zero-order valence-electron chi connectivity index (χ0n) is 7.77. The van der Waals surface area contributed by atoms with Gasteiger partial charge in [0.05, 0.1) is 0 Å². The molecule has 0 aromatic carbocycles. The molecule has 0 fully saturated rings. The Labute approximate surface area is 88.2 Å². The lowest BCUT2D eigenvalue weighted by molar-refractivity contribution is -0.295. The van der Waals surface area contributed by atoms with Crippen molar-refractivity contribution in [3.63, 3.8) is 0 Å². The van der Waals surface area contributed by atoms with Crippen LogP contribution in [0.25, 0.3) is 0 Å². The summed E-state index contributed by atoms with van der Waals surface area (Å²) in [6.07, 6.45) is -3.70. The topological polar surface area (TPSA) is 163 Å². The van der Waals surface area contributed by atoms with Crippen LogP contribution >= 0.6 is 0 Å². The number of carboxylic acid groups (broad SMARTS) is 2. The summed E-state index contributed by atoms with van der Waals surface area (Å²) in [5.41, 5.74) is 0. The van der Waals surface area contributed by atoms with Crippen molar-refractivity contribution in [2.45, 2.75) is 12.3 Å². The number of aliphatic hydroxyl groups is 3. The summed E-state index contributed by atoms with van der Waals surface area (Å²) < 4.78 is 11.8. The fourth-order valence-electron chi connectivity index (χ4n) is 0.642. The van der Waals surface area contributed by atoms with Crippen molar-refractivity contribution in [2.75, 3.05) is 13.2 Å². The Morgan fingerprint density at radius 2 is 1.69 bits per heavy atom. The number of hydrogen-bond donors (Lipinski definition) is 5. The van der Waals surface area contributed by atoms with Crippen LogP contribution in [0.1, 0.15) is 0 Å². The van der Waals surface area contributed by atoms with E-state index in [-0.39, 0.29) is 0 Å². The van der Waals surface area contributed by atoms with Crippen LogP contribution in [0.3, 0.4) is 0 Å². The van der Waals surface area contributed by atoms with E-state index in [2.05, 4.69) is 14.2 Å². The van der Waals surface area contributed by atoms with Gasteiger partial charge in [0.25, 0.3) is 12.3 Å². The Hall–Kier alpha value is -1.62. The molecule has 0 aromatic rings. The van der Waals surface area contributed by atoms with E-state index in [9.17, 15) is 14.7 Å². The molecule has 0 amide bonds. The van der Waals surface area contributed by atoms with Gasteiger partial charge in [0.15, 0.2) is 6.61 Å². The lowest BCUT2D eigenvalue weighted by atomic mass is 10.3. The van der Waals surface area contributed by atoms with Crippen LogP contribution in [-0.2, 0) is 14.2 Å². The number of rotatable bonds is 6. The largest absolute Gasteiger partial charge is 0.508 e. The van der Waals surface area contributed by atoms with Gasteiger partial charge in [-0.05, 0) is 0 Å². The zero-order valence-corrected chi connectivity index (χ0v) is 7.77. The van der Waals surface area contributed by atoms with Crippen molar-refractivity contribution in [3.8, 4) is 0 Å². The summed E-state index contributed by atoms with van der Waals surface area (Å²) in [6, 6.07) is 0. The molecule has 0 aliphatic heterocycles. The van der Waals surface area contributed by atoms with E-state index < -0.39 is 37.8 Å². The van der Waals surface area contributed by atoms with Gasteiger partial charge in [0.2, 0.25) is 0 Å². The summed E-state index contributed by atoms with van der Waals surface area (Å²) in [4.78, 5) is 20.1. The number of aliphatic hydroxyl groups excluding tert-OH is 1. The highest BCUT2D eigenvalue weighted by Crippen LogP contribution is 2.10. The van der Waals surface area contributed by atoms with Crippen LogP contribution in [0.5, 0.6) is 0 Å². The standard InChI is InChI=1S/C6H10O10/c7-3(8)14-1-6(13,16-5(11)12)2-15-4(9)10/h3,7-8,13H,1-2H2,(H,9,10)(H,11,12). The molecule has 16 heavy (non-hydrogen) atoms. The van der Waals surface area contributed by atoms with Crippen LogP contribution in [0.2, 0.25) is 0 Å². The van der Waals surface area contributed by atoms with Gasteiger partial charge < -0.3 is 39.7 Å². The molecule has 0 aromatic heterocycles. The molecule has 0 saturated heterocycles.